The van der Waals surface area contributed by atoms with E-state index in [9.17, 15) is 0 Å². The summed E-state index contributed by atoms with van der Waals surface area (Å²) in [6, 6.07) is 9.68. The maximum absolute atomic E-state index is 5.66. The minimum absolute atomic E-state index is 0.543. The van der Waals surface area contributed by atoms with Crippen LogP contribution < -0.4 is 15.0 Å². The lowest BCUT2D eigenvalue weighted by Crippen LogP contribution is -2.57. The molecule has 3 heteroatoms. The van der Waals surface area contributed by atoms with Crippen LogP contribution in [-0.4, -0.2) is 31.8 Å². The molecule has 3 nitrogen and oxygen atoms in total. The van der Waals surface area contributed by atoms with Gasteiger partial charge in [0.1, 0.15) is 5.75 Å². The van der Waals surface area contributed by atoms with Gasteiger partial charge in [0.05, 0.1) is 6.61 Å². The first-order chi connectivity index (χ1) is 9.61. The van der Waals surface area contributed by atoms with Gasteiger partial charge in [-0.1, -0.05) is 20.8 Å². The molecule has 1 saturated heterocycles. The van der Waals surface area contributed by atoms with Crippen molar-refractivity contribution in [3.63, 3.8) is 0 Å². The molecule has 1 aromatic carbocycles. The van der Waals surface area contributed by atoms with Crippen LogP contribution in [0.25, 0.3) is 0 Å². The maximum atomic E-state index is 5.66. The van der Waals surface area contributed by atoms with Crippen molar-refractivity contribution in [3.05, 3.63) is 24.3 Å². The third-order valence-corrected chi connectivity index (χ3v) is 3.96. The van der Waals surface area contributed by atoms with Crippen molar-refractivity contribution in [1.82, 2.24) is 5.32 Å². The second-order valence-electron chi connectivity index (χ2n) is 6.12. The van der Waals surface area contributed by atoms with Crippen LogP contribution >= 0.6 is 0 Å². The predicted molar refractivity (Wildman–Crippen MR) is 85.7 cm³/mol. The molecule has 112 valence electrons. The first-order valence-corrected chi connectivity index (χ1v) is 7.84. The van der Waals surface area contributed by atoms with Crippen molar-refractivity contribution in [2.45, 2.75) is 46.2 Å². The van der Waals surface area contributed by atoms with Crippen molar-refractivity contribution in [2.75, 3.05) is 24.6 Å². The number of piperazine rings is 1. The normalized spacial score (nSPS) is 23.1. The third kappa shape index (κ3) is 3.66. The van der Waals surface area contributed by atoms with E-state index in [1.54, 1.807) is 0 Å². The number of rotatable bonds is 5. The summed E-state index contributed by atoms with van der Waals surface area (Å²) in [6.45, 7) is 11.9. The largest absolute Gasteiger partial charge is 0.494 e. The van der Waals surface area contributed by atoms with E-state index in [1.165, 1.54) is 5.69 Å². The highest BCUT2D eigenvalue weighted by Gasteiger charge is 2.28. The Morgan fingerprint density at radius 1 is 1.30 bits per heavy atom. The first-order valence-electron chi connectivity index (χ1n) is 7.84. The van der Waals surface area contributed by atoms with Gasteiger partial charge in [-0.2, -0.15) is 0 Å². The topological polar surface area (TPSA) is 24.5 Å². The van der Waals surface area contributed by atoms with Gasteiger partial charge >= 0.3 is 0 Å². The summed E-state index contributed by atoms with van der Waals surface area (Å²) in [5.74, 6) is 1.62. The Labute approximate surface area is 123 Å². The Bertz CT molecular complexity index is 402. The van der Waals surface area contributed by atoms with E-state index in [-0.39, 0.29) is 0 Å². The Hall–Kier alpha value is -1.22. The number of ether oxygens (including phenoxy) is 1. The molecule has 0 aromatic heterocycles. The second kappa shape index (κ2) is 6.98. The van der Waals surface area contributed by atoms with Gasteiger partial charge < -0.3 is 15.0 Å². The molecule has 2 unspecified atom stereocenters. The molecule has 1 aromatic rings. The van der Waals surface area contributed by atoms with Gasteiger partial charge in [-0.3, -0.25) is 0 Å². The van der Waals surface area contributed by atoms with Gasteiger partial charge in [-0.25, -0.2) is 0 Å². The van der Waals surface area contributed by atoms with Crippen LogP contribution in [0.4, 0.5) is 5.69 Å². The van der Waals surface area contributed by atoms with Crippen LogP contribution in [0.5, 0.6) is 5.75 Å². The molecule has 0 amide bonds. The fourth-order valence-electron chi connectivity index (χ4n) is 2.77. The van der Waals surface area contributed by atoms with Crippen molar-refractivity contribution < 1.29 is 4.74 Å². The fourth-order valence-corrected chi connectivity index (χ4v) is 2.77. The van der Waals surface area contributed by atoms with Crippen molar-refractivity contribution in [1.29, 1.82) is 0 Å². The number of hydrogen-bond donors (Lipinski definition) is 1. The van der Waals surface area contributed by atoms with Crippen molar-refractivity contribution >= 4 is 5.69 Å². The van der Waals surface area contributed by atoms with E-state index >= 15 is 0 Å². The molecule has 1 fully saturated rings. The van der Waals surface area contributed by atoms with E-state index in [0.717, 1.165) is 31.9 Å². The van der Waals surface area contributed by atoms with E-state index in [4.69, 9.17) is 4.74 Å². The summed E-state index contributed by atoms with van der Waals surface area (Å²) in [7, 11) is 0. The van der Waals surface area contributed by atoms with Gasteiger partial charge in [0.15, 0.2) is 0 Å². The molecule has 0 radical (unpaired) electrons. The number of hydrogen-bond acceptors (Lipinski definition) is 3. The molecular weight excluding hydrogens is 248 g/mol. The fraction of sp³-hybridized carbons (Fsp3) is 0.647. The zero-order chi connectivity index (χ0) is 14.5. The number of nitrogens with zero attached hydrogens (tertiary/aromatic N) is 1. The monoisotopic (exact) mass is 276 g/mol. The Morgan fingerprint density at radius 3 is 2.60 bits per heavy atom. The minimum Gasteiger partial charge on any atom is -0.494 e. The number of anilines is 1. The molecule has 0 spiro atoms. The molecule has 0 saturated carbocycles. The zero-order valence-corrected chi connectivity index (χ0v) is 13.2. The van der Waals surface area contributed by atoms with Crippen LogP contribution in [-0.2, 0) is 0 Å². The standard InChI is InChI=1S/C17H28N2O/c1-5-10-20-16-8-6-15(7-9-16)19-12-14(4)18-11-17(19)13(2)3/h6-9,13-14,17-18H,5,10-12H2,1-4H3. The lowest BCUT2D eigenvalue weighted by Gasteiger charge is -2.43. The molecule has 0 aliphatic carbocycles. The maximum Gasteiger partial charge on any atom is 0.119 e. The van der Waals surface area contributed by atoms with E-state index in [1.807, 2.05) is 0 Å². The highest BCUT2D eigenvalue weighted by Crippen LogP contribution is 2.26. The van der Waals surface area contributed by atoms with Gasteiger partial charge in [0.25, 0.3) is 0 Å². The van der Waals surface area contributed by atoms with Gasteiger partial charge in [-0.05, 0) is 43.5 Å². The molecule has 20 heavy (non-hydrogen) atoms. The summed E-state index contributed by atoms with van der Waals surface area (Å²) in [5, 5.41) is 3.59. The first kappa shape index (κ1) is 15.2. The summed E-state index contributed by atoms with van der Waals surface area (Å²) < 4.78 is 5.66. The van der Waals surface area contributed by atoms with Crippen LogP contribution in [0.2, 0.25) is 0 Å². The predicted octanol–water partition coefficient (Wildman–Crippen LogP) is 3.30. The van der Waals surface area contributed by atoms with Crippen molar-refractivity contribution in [3.8, 4) is 5.75 Å². The van der Waals surface area contributed by atoms with Gasteiger partial charge in [-0.15, -0.1) is 0 Å². The number of benzene rings is 1. The lowest BCUT2D eigenvalue weighted by molar-refractivity contribution is 0.317. The molecular formula is C17H28N2O. The average molecular weight is 276 g/mol. The Morgan fingerprint density at radius 2 is 2.00 bits per heavy atom. The van der Waals surface area contributed by atoms with Crippen molar-refractivity contribution in [2.24, 2.45) is 5.92 Å². The van der Waals surface area contributed by atoms with E-state index in [0.29, 0.717) is 18.0 Å². The molecule has 1 aliphatic heterocycles. The Balaban J connectivity index is 2.10. The summed E-state index contributed by atoms with van der Waals surface area (Å²) in [4.78, 5) is 2.54. The average Bonchev–Trinajstić information content (AvgIpc) is 2.45. The smallest absolute Gasteiger partial charge is 0.119 e. The SMILES string of the molecule is CCCOc1ccc(N2CC(C)NCC2C(C)C)cc1. The van der Waals surface area contributed by atoms with Crippen LogP contribution in [0, 0.1) is 5.92 Å². The number of nitrogens with one attached hydrogen (secondary N) is 1. The molecule has 1 N–H and O–H groups in total. The van der Waals surface area contributed by atoms with Crippen LogP contribution in [0.1, 0.15) is 34.1 Å². The third-order valence-electron chi connectivity index (χ3n) is 3.96. The van der Waals surface area contributed by atoms with E-state index < -0.39 is 0 Å². The zero-order valence-electron chi connectivity index (χ0n) is 13.2. The molecule has 1 aliphatic rings. The van der Waals surface area contributed by atoms with Gasteiger partial charge in [0.2, 0.25) is 0 Å². The quantitative estimate of drug-likeness (QED) is 0.893. The molecule has 2 atom stereocenters. The van der Waals surface area contributed by atoms with Crippen LogP contribution in [0.3, 0.4) is 0 Å². The van der Waals surface area contributed by atoms with Crippen LogP contribution in [0.15, 0.2) is 24.3 Å². The molecule has 1 heterocycles. The van der Waals surface area contributed by atoms with Gasteiger partial charge in [0, 0.05) is 30.9 Å². The summed E-state index contributed by atoms with van der Waals surface area (Å²) in [6.07, 6.45) is 1.05. The lowest BCUT2D eigenvalue weighted by atomic mass is 9.98. The second-order valence-corrected chi connectivity index (χ2v) is 6.12. The molecule has 2 rings (SSSR count). The summed E-state index contributed by atoms with van der Waals surface area (Å²) in [5.41, 5.74) is 1.31. The van der Waals surface area contributed by atoms with E-state index in [2.05, 4.69) is 62.2 Å². The highest BCUT2D eigenvalue weighted by atomic mass is 16.5. The minimum atomic E-state index is 0.543. The highest BCUT2D eigenvalue weighted by molar-refractivity contribution is 5.51. The Kier molecular flexibility index (Phi) is 5.30. The molecule has 0 bridgehead atoms. The summed E-state index contributed by atoms with van der Waals surface area (Å²) >= 11 is 0.